The van der Waals surface area contributed by atoms with Crippen LogP contribution in [0.2, 0.25) is 0 Å². The molecule has 8 nitrogen and oxygen atoms in total. The molecule has 0 aliphatic carbocycles. The van der Waals surface area contributed by atoms with Crippen LogP contribution >= 0.6 is 0 Å². The number of likely N-dealkylation sites (tertiary alicyclic amines) is 2. The summed E-state index contributed by atoms with van der Waals surface area (Å²) in [4.78, 5) is 30.6. The van der Waals surface area contributed by atoms with Crippen LogP contribution in [0.5, 0.6) is 0 Å². The van der Waals surface area contributed by atoms with Gasteiger partial charge in [0.05, 0.1) is 0 Å². The molecule has 0 radical (unpaired) electrons. The van der Waals surface area contributed by atoms with E-state index in [0.29, 0.717) is 6.54 Å². The number of rotatable bonds is 3. The number of ether oxygens (including phenoxy) is 2. The summed E-state index contributed by atoms with van der Waals surface area (Å²) in [6, 6.07) is 0. The number of amides is 2. The van der Waals surface area contributed by atoms with Crippen LogP contribution in [0.3, 0.4) is 0 Å². The Bertz CT molecular complexity index is 558. The molecule has 0 aromatic rings. The lowest BCUT2D eigenvalue weighted by Crippen LogP contribution is -2.48. The van der Waals surface area contributed by atoms with Crippen LogP contribution in [0.1, 0.15) is 67.2 Å². The zero-order valence-corrected chi connectivity index (χ0v) is 21.8. The molecule has 188 valence electrons. The summed E-state index contributed by atoms with van der Waals surface area (Å²) in [6.07, 6.45) is 3.45. The summed E-state index contributed by atoms with van der Waals surface area (Å²) in [5.74, 6) is 1.01. The molecule has 2 N–H and O–H groups in total. The third-order valence-electron chi connectivity index (χ3n) is 5.45. The first-order valence-electron chi connectivity index (χ1n) is 12.0. The van der Waals surface area contributed by atoms with Crippen molar-refractivity contribution in [2.75, 3.05) is 53.4 Å². The lowest BCUT2D eigenvalue weighted by atomic mass is 9.98. The highest BCUT2D eigenvalue weighted by molar-refractivity contribution is 5.88. The van der Waals surface area contributed by atoms with E-state index in [1.54, 1.807) is 41.5 Å². The van der Waals surface area contributed by atoms with Crippen molar-refractivity contribution >= 4 is 12.2 Å². The molecule has 0 spiro atoms. The van der Waals surface area contributed by atoms with Crippen molar-refractivity contribution in [2.24, 2.45) is 17.6 Å². The first-order chi connectivity index (χ1) is 14.7. The Hall–Kier alpha value is -1.38. The van der Waals surface area contributed by atoms with Gasteiger partial charge in [-0.2, -0.15) is 0 Å². The smallest absolute Gasteiger partial charge is 0.419 e. The van der Waals surface area contributed by atoms with Gasteiger partial charge in [-0.1, -0.05) is 0 Å². The van der Waals surface area contributed by atoms with E-state index in [4.69, 9.17) is 15.2 Å². The highest BCUT2D eigenvalue weighted by Crippen LogP contribution is 2.20. The van der Waals surface area contributed by atoms with Crippen molar-refractivity contribution < 1.29 is 19.1 Å². The van der Waals surface area contributed by atoms with Gasteiger partial charge < -0.3 is 25.0 Å². The van der Waals surface area contributed by atoms with Gasteiger partial charge in [0.15, 0.2) is 0 Å². The average Bonchev–Trinajstić information content (AvgIpc) is 2.63. The van der Waals surface area contributed by atoms with Gasteiger partial charge in [0.25, 0.3) is 0 Å². The molecule has 2 fully saturated rings. The van der Waals surface area contributed by atoms with E-state index in [-0.39, 0.29) is 5.92 Å². The van der Waals surface area contributed by atoms with Crippen LogP contribution in [0.4, 0.5) is 9.59 Å². The second kappa shape index (κ2) is 12.8. The van der Waals surface area contributed by atoms with Gasteiger partial charge in [-0.25, -0.2) is 14.5 Å². The van der Waals surface area contributed by atoms with E-state index < -0.39 is 23.4 Å². The first-order valence-corrected chi connectivity index (χ1v) is 12.0. The Balaban J connectivity index is 0.000000471. The molecule has 32 heavy (non-hydrogen) atoms. The van der Waals surface area contributed by atoms with Crippen molar-refractivity contribution in [3.05, 3.63) is 0 Å². The number of piperidine rings is 2. The highest BCUT2D eigenvalue weighted by atomic mass is 16.6. The van der Waals surface area contributed by atoms with Gasteiger partial charge >= 0.3 is 12.2 Å². The average molecular weight is 457 g/mol. The molecule has 0 bridgehead atoms. The van der Waals surface area contributed by atoms with Crippen LogP contribution < -0.4 is 5.73 Å². The molecule has 0 aromatic carbocycles. The second-order valence-corrected chi connectivity index (χ2v) is 11.3. The number of carbonyl (C=O) groups excluding carboxylic acids is 2. The molecule has 2 aliphatic rings. The third-order valence-corrected chi connectivity index (χ3v) is 5.45. The van der Waals surface area contributed by atoms with Gasteiger partial charge in [-0.3, -0.25) is 0 Å². The monoisotopic (exact) mass is 456 g/mol. The number of imide groups is 1. The Morgan fingerprint density at radius 1 is 0.844 bits per heavy atom. The van der Waals surface area contributed by atoms with Crippen LogP contribution in [-0.4, -0.2) is 91.5 Å². The maximum atomic E-state index is 12.4. The van der Waals surface area contributed by atoms with Crippen molar-refractivity contribution in [3.8, 4) is 0 Å². The molecular formula is C24H48N4O4. The highest BCUT2D eigenvalue weighted by Gasteiger charge is 2.33. The van der Waals surface area contributed by atoms with Crippen molar-refractivity contribution in [1.82, 2.24) is 14.7 Å². The predicted octanol–water partition coefficient (Wildman–Crippen LogP) is 3.79. The number of hydrogen-bond donors (Lipinski definition) is 1. The van der Waals surface area contributed by atoms with Gasteiger partial charge in [-0.05, 0) is 113 Å². The van der Waals surface area contributed by atoms with Crippen molar-refractivity contribution in [1.29, 1.82) is 0 Å². The molecule has 2 amide bonds. The minimum Gasteiger partial charge on any atom is -0.443 e. The normalized spacial score (nSPS) is 23.0. The lowest BCUT2D eigenvalue weighted by Gasteiger charge is -2.34. The minimum atomic E-state index is -0.652. The van der Waals surface area contributed by atoms with E-state index >= 15 is 0 Å². The standard InChI is InChI=1S/C17H32N2O4.C7H16N2/c1-16(2,3)22-14(20)19(15(21)23-17(4,5)6)12-13-9-8-10-18(7)11-13;1-9-4-2-3-7(5-8)6-9/h13H,8-12H2,1-7H3;7H,2-6,8H2,1H3. The van der Waals surface area contributed by atoms with Crippen molar-refractivity contribution in [2.45, 2.75) is 78.4 Å². The molecule has 0 aromatic heterocycles. The summed E-state index contributed by atoms with van der Waals surface area (Å²) < 4.78 is 10.8. The van der Waals surface area contributed by atoms with E-state index in [2.05, 4.69) is 23.9 Å². The predicted molar refractivity (Wildman–Crippen MR) is 129 cm³/mol. The number of hydrogen-bond acceptors (Lipinski definition) is 7. The molecule has 2 heterocycles. The van der Waals surface area contributed by atoms with Gasteiger partial charge in [0.1, 0.15) is 11.2 Å². The van der Waals surface area contributed by atoms with Crippen LogP contribution in [-0.2, 0) is 9.47 Å². The summed E-state index contributed by atoms with van der Waals surface area (Å²) in [5, 5.41) is 0. The summed E-state index contributed by atoms with van der Waals surface area (Å²) in [5.41, 5.74) is 4.23. The third kappa shape index (κ3) is 12.0. The second-order valence-electron chi connectivity index (χ2n) is 11.3. The molecule has 8 heteroatoms. The Morgan fingerprint density at radius 2 is 1.25 bits per heavy atom. The molecule has 0 saturated carbocycles. The largest absolute Gasteiger partial charge is 0.443 e. The first kappa shape index (κ1) is 28.7. The fraction of sp³-hybridized carbons (Fsp3) is 0.917. The van der Waals surface area contributed by atoms with E-state index in [1.165, 1.54) is 25.9 Å². The van der Waals surface area contributed by atoms with Crippen LogP contribution in [0.15, 0.2) is 0 Å². The molecular weight excluding hydrogens is 408 g/mol. The number of nitrogens with two attached hydrogens (primary N) is 1. The molecule has 2 rings (SSSR count). The Morgan fingerprint density at radius 3 is 1.59 bits per heavy atom. The molecule has 2 aliphatic heterocycles. The van der Waals surface area contributed by atoms with Gasteiger partial charge in [-0.15, -0.1) is 0 Å². The lowest BCUT2D eigenvalue weighted by molar-refractivity contribution is -0.00357. The molecule has 2 atom stereocenters. The molecule has 2 unspecified atom stereocenters. The summed E-state index contributed by atoms with van der Waals surface area (Å²) in [6.45, 7) is 16.3. The quantitative estimate of drug-likeness (QED) is 0.691. The zero-order chi connectivity index (χ0) is 24.5. The summed E-state index contributed by atoms with van der Waals surface area (Å²) in [7, 11) is 4.22. The minimum absolute atomic E-state index is 0.244. The zero-order valence-electron chi connectivity index (χ0n) is 21.8. The van der Waals surface area contributed by atoms with Gasteiger partial charge in [0, 0.05) is 19.6 Å². The van der Waals surface area contributed by atoms with Crippen LogP contribution in [0.25, 0.3) is 0 Å². The van der Waals surface area contributed by atoms with E-state index in [0.717, 1.165) is 43.3 Å². The topological polar surface area (TPSA) is 88.3 Å². The van der Waals surface area contributed by atoms with Crippen LogP contribution in [0, 0.1) is 11.8 Å². The fourth-order valence-corrected chi connectivity index (χ4v) is 4.00. The maximum Gasteiger partial charge on any atom is 0.419 e. The maximum absolute atomic E-state index is 12.4. The van der Waals surface area contributed by atoms with E-state index in [1.807, 2.05) is 0 Å². The molecule has 2 saturated heterocycles. The van der Waals surface area contributed by atoms with Gasteiger partial charge in [0.2, 0.25) is 0 Å². The Labute approximate surface area is 195 Å². The van der Waals surface area contributed by atoms with Crippen molar-refractivity contribution in [3.63, 3.8) is 0 Å². The fourth-order valence-electron chi connectivity index (χ4n) is 4.00. The SMILES string of the molecule is CN1CCCC(CN(C(=O)OC(C)(C)C)C(=O)OC(C)(C)C)C1.CN1CCCC(CN)C1. The van der Waals surface area contributed by atoms with E-state index in [9.17, 15) is 9.59 Å². The Kier molecular flexibility index (Phi) is 11.4. The number of nitrogens with zero attached hydrogens (tertiary/aromatic N) is 3. The number of carbonyl (C=O) groups is 2. The summed E-state index contributed by atoms with van der Waals surface area (Å²) >= 11 is 0.